The van der Waals surface area contributed by atoms with Crippen LogP contribution in [0.4, 0.5) is 15.8 Å². The number of thiocarbonyl (C=S) groups is 1. The zero-order valence-corrected chi connectivity index (χ0v) is 12.0. The summed E-state index contributed by atoms with van der Waals surface area (Å²) in [4.78, 5) is 1.86. The topological polar surface area (TPSA) is 41.3 Å². The molecule has 0 aliphatic carbocycles. The third kappa shape index (κ3) is 3.68. The van der Waals surface area contributed by atoms with E-state index in [0.717, 1.165) is 5.56 Å². The zero-order valence-electron chi connectivity index (χ0n) is 11.1. The second kappa shape index (κ2) is 6.34. The van der Waals surface area contributed by atoms with Gasteiger partial charge in [-0.15, -0.1) is 0 Å². The molecule has 2 aromatic carbocycles. The molecule has 0 aliphatic rings. The van der Waals surface area contributed by atoms with Gasteiger partial charge in [-0.05, 0) is 36.0 Å². The largest absolute Gasteiger partial charge is 0.376 e. The van der Waals surface area contributed by atoms with Crippen LogP contribution in [0.3, 0.4) is 0 Å². The van der Waals surface area contributed by atoms with E-state index in [-0.39, 0.29) is 10.9 Å². The Balaban J connectivity index is 2.14. The Hall–Kier alpha value is -2.14. The molecule has 20 heavy (non-hydrogen) atoms. The Labute approximate surface area is 123 Å². The van der Waals surface area contributed by atoms with Gasteiger partial charge in [0.15, 0.2) is 5.11 Å². The molecular weight excluding hydrogens is 273 g/mol. The molecule has 0 atom stereocenters. The molecule has 0 aliphatic heterocycles. The maximum atomic E-state index is 14.1. The van der Waals surface area contributed by atoms with Crippen molar-refractivity contribution in [3.05, 3.63) is 59.9 Å². The van der Waals surface area contributed by atoms with Crippen molar-refractivity contribution in [2.45, 2.75) is 6.54 Å². The van der Waals surface area contributed by atoms with Crippen LogP contribution in [0, 0.1) is 5.82 Å². The van der Waals surface area contributed by atoms with Gasteiger partial charge in [0.05, 0.1) is 5.69 Å². The van der Waals surface area contributed by atoms with E-state index in [9.17, 15) is 4.39 Å². The summed E-state index contributed by atoms with van der Waals surface area (Å²) in [5, 5.41) is 2.83. The monoisotopic (exact) mass is 289 g/mol. The van der Waals surface area contributed by atoms with Crippen molar-refractivity contribution in [1.82, 2.24) is 0 Å². The fourth-order valence-electron chi connectivity index (χ4n) is 1.98. The minimum absolute atomic E-state index is 0.120. The number of hydrogen-bond acceptors (Lipinski definition) is 2. The predicted octanol–water partition coefficient (Wildman–Crippen LogP) is 3.12. The maximum Gasteiger partial charge on any atom is 0.168 e. The number of benzene rings is 2. The van der Waals surface area contributed by atoms with Crippen LogP contribution in [0.1, 0.15) is 5.56 Å². The average molecular weight is 289 g/mol. The molecule has 0 spiro atoms. The van der Waals surface area contributed by atoms with Crippen LogP contribution < -0.4 is 16.0 Å². The maximum absolute atomic E-state index is 14.1. The van der Waals surface area contributed by atoms with Crippen molar-refractivity contribution in [1.29, 1.82) is 0 Å². The molecular formula is C15H16FN3S. The number of rotatable bonds is 4. The van der Waals surface area contributed by atoms with Gasteiger partial charge in [0, 0.05) is 19.3 Å². The van der Waals surface area contributed by atoms with Crippen LogP contribution in [0.15, 0.2) is 48.5 Å². The molecule has 0 saturated heterocycles. The SMILES string of the molecule is CN(Cc1ccccc1)c1ccc(NC(N)=S)cc1F. The number of hydrogen-bond donors (Lipinski definition) is 2. The molecule has 0 saturated carbocycles. The molecule has 104 valence electrons. The first-order chi connectivity index (χ1) is 9.56. The molecule has 0 amide bonds. The molecule has 3 N–H and O–H groups in total. The average Bonchev–Trinajstić information content (AvgIpc) is 2.39. The van der Waals surface area contributed by atoms with E-state index in [2.05, 4.69) is 5.32 Å². The van der Waals surface area contributed by atoms with E-state index in [1.807, 2.05) is 42.3 Å². The van der Waals surface area contributed by atoms with Gasteiger partial charge in [0.2, 0.25) is 0 Å². The van der Waals surface area contributed by atoms with E-state index in [1.54, 1.807) is 12.1 Å². The molecule has 0 radical (unpaired) electrons. The lowest BCUT2D eigenvalue weighted by Gasteiger charge is -2.20. The lowest BCUT2D eigenvalue weighted by Crippen LogP contribution is -2.20. The highest BCUT2D eigenvalue weighted by Gasteiger charge is 2.09. The van der Waals surface area contributed by atoms with Gasteiger partial charge in [-0.25, -0.2) is 4.39 Å². The summed E-state index contributed by atoms with van der Waals surface area (Å²) in [6.07, 6.45) is 0. The molecule has 0 aromatic heterocycles. The highest BCUT2D eigenvalue weighted by atomic mass is 32.1. The fourth-order valence-corrected chi connectivity index (χ4v) is 2.10. The van der Waals surface area contributed by atoms with Crippen LogP contribution in [-0.2, 0) is 6.54 Å². The number of halogens is 1. The number of nitrogens with zero attached hydrogens (tertiary/aromatic N) is 1. The molecule has 3 nitrogen and oxygen atoms in total. The molecule has 0 unspecified atom stereocenters. The molecule has 2 rings (SSSR count). The molecule has 0 bridgehead atoms. The van der Waals surface area contributed by atoms with Gasteiger partial charge in [-0.3, -0.25) is 0 Å². The van der Waals surface area contributed by atoms with E-state index in [0.29, 0.717) is 17.9 Å². The quantitative estimate of drug-likeness (QED) is 0.849. The first-order valence-corrected chi connectivity index (χ1v) is 6.58. The lowest BCUT2D eigenvalue weighted by atomic mass is 10.2. The Morgan fingerprint density at radius 1 is 1.25 bits per heavy atom. The van der Waals surface area contributed by atoms with Gasteiger partial charge >= 0.3 is 0 Å². The zero-order chi connectivity index (χ0) is 14.5. The van der Waals surface area contributed by atoms with Crippen molar-refractivity contribution in [2.75, 3.05) is 17.3 Å². The summed E-state index contributed by atoms with van der Waals surface area (Å²) >= 11 is 4.73. The first kappa shape index (κ1) is 14.3. The van der Waals surface area contributed by atoms with Gasteiger partial charge in [0.25, 0.3) is 0 Å². The fraction of sp³-hybridized carbons (Fsp3) is 0.133. The van der Waals surface area contributed by atoms with Crippen LogP contribution in [0.25, 0.3) is 0 Å². The van der Waals surface area contributed by atoms with E-state index >= 15 is 0 Å². The summed E-state index contributed by atoms with van der Waals surface area (Å²) in [5.41, 5.74) is 7.56. The number of nitrogens with two attached hydrogens (primary N) is 1. The van der Waals surface area contributed by atoms with Crippen LogP contribution in [0.5, 0.6) is 0 Å². The summed E-state index contributed by atoms with van der Waals surface area (Å²) in [7, 11) is 1.85. The highest BCUT2D eigenvalue weighted by molar-refractivity contribution is 7.80. The van der Waals surface area contributed by atoms with Crippen molar-refractivity contribution < 1.29 is 4.39 Å². The van der Waals surface area contributed by atoms with Crippen molar-refractivity contribution in [3.63, 3.8) is 0 Å². The predicted molar refractivity (Wildman–Crippen MR) is 85.4 cm³/mol. The summed E-state index contributed by atoms with van der Waals surface area (Å²) in [6.45, 7) is 0.639. The Morgan fingerprint density at radius 3 is 2.55 bits per heavy atom. The van der Waals surface area contributed by atoms with Crippen molar-refractivity contribution in [3.8, 4) is 0 Å². The second-order valence-electron chi connectivity index (χ2n) is 4.50. The smallest absolute Gasteiger partial charge is 0.168 e. The Bertz CT molecular complexity index is 601. The van der Waals surface area contributed by atoms with Gasteiger partial charge < -0.3 is 16.0 Å². The minimum Gasteiger partial charge on any atom is -0.376 e. The standard InChI is InChI=1S/C15H16FN3S/c1-19(10-11-5-3-2-4-6-11)14-8-7-12(9-13(14)16)18-15(17)20/h2-9H,10H2,1H3,(H3,17,18,20). The van der Waals surface area contributed by atoms with E-state index in [4.69, 9.17) is 18.0 Å². The Morgan fingerprint density at radius 2 is 1.95 bits per heavy atom. The van der Waals surface area contributed by atoms with Crippen molar-refractivity contribution >= 4 is 28.7 Å². The summed E-state index contributed by atoms with van der Waals surface area (Å²) in [5.74, 6) is -0.315. The molecule has 2 aromatic rings. The first-order valence-electron chi connectivity index (χ1n) is 6.17. The van der Waals surface area contributed by atoms with E-state index in [1.165, 1.54) is 6.07 Å². The number of anilines is 2. The van der Waals surface area contributed by atoms with Gasteiger partial charge in [-0.2, -0.15) is 0 Å². The van der Waals surface area contributed by atoms with Gasteiger partial charge in [-0.1, -0.05) is 30.3 Å². The van der Waals surface area contributed by atoms with Crippen molar-refractivity contribution in [2.24, 2.45) is 5.73 Å². The highest BCUT2D eigenvalue weighted by Crippen LogP contribution is 2.23. The lowest BCUT2D eigenvalue weighted by molar-refractivity contribution is 0.623. The van der Waals surface area contributed by atoms with Crippen LogP contribution in [-0.4, -0.2) is 12.2 Å². The second-order valence-corrected chi connectivity index (χ2v) is 4.94. The molecule has 0 heterocycles. The summed E-state index contributed by atoms with van der Waals surface area (Å²) < 4.78 is 14.1. The molecule has 5 heteroatoms. The van der Waals surface area contributed by atoms with Gasteiger partial charge in [0.1, 0.15) is 5.82 Å². The number of nitrogens with one attached hydrogen (secondary N) is 1. The molecule has 0 fully saturated rings. The normalized spacial score (nSPS) is 10.1. The van der Waals surface area contributed by atoms with Crippen LogP contribution in [0.2, 0.25) is 0 Å². The summed E-state index contributed by atoms with van der Waals surface area (Å²) in [6, 6.07) is 14.8. The minimum atomic E-state index is -0.315. The van der Waals surface area contributed by atoms with Crippen LogP contribution >= 0.6 is 12.2 Å². The van der Waals surface area contributed by atoms with E-state index < -0.39 is 0 Å². The third-order valence-corrected chi connectivity index (χ3v) is 2.99. The Kier molecular flexibility index (Phi) is 4.53. The third-order valence-electron chi connectivity index (χ3n) is 2.89.